The topological polar surface area (TPSA) is 51.2 Å². The van der Waals surface area contributed by atoms with Crippen LogP contribution in [0.25, 0.3) is 0 Å². The lowest BCUT2D eigenvalue weighted by atomic mass is 10.0. The van der Waals surface area contributed by atoms with Crippen LogP contribution in [0.4, 0.5) is 0 Å². The number of ether oxygens (including phenoxy) is 3. The number of aliphatic hydroxyl groups excluding tert-OH is 1. The Morgan fingerprint density at radius 1 is 0.913 bits per heavy atom. The van der Waals surface area contributed by atoms with Crippen LogP contribution in [-0.2, 0) is 0 Å². The highest BCUT2D eigenvalue weighted by atomic mass is 16.5. The van der Waals surface area contributed by atoms with E-state index in [9.17, 15) is 5.11 Å². The molecular formula is C18H31NO4. The molecule has 0 amide bonds. The van der Waals surface area contributed by atoms with Gasteiger partial charge in [0.25, 0.3) is 0 Å². The molecule has 0 saturated heterocycles. The van der Waals surface area contributed by atoms with Gasteiger partial charge in [-0.05, 0) is 44.5 Å². The summed E-state index contributed by atoms with van der Waals surface area (Å²) in [5.41, 5.74) is 0.734. The van der Waals surface area contributed by atoms with Crippen molar-refractivity contribution in [3.63, 3.8) is 0 Å². The van der Waals surface area contributed by atoms with E-state index in [4.69, 9.17) is 14.2 Å². The standard InChI is InChI=1S/C18H31NO4/c1-6-11-19(12-7-2)13-10-15(20)14-8-9-16(21-3)18(23-5)17(14)22-4/h8-9,15,20H,6-7,10-13H2,1-5H3. The monoisotopic (exact) mass is 325 g/mol. The summed E-state index contributed by atoms with van der Waals surface area (Å²) in [6.07, 6.45) is 2.30. The molecule has 0 saturated carbocycles. The zero-order valence-electron chi connectivity index (χ0n) is 15.1. The van der Waals surface area contributed by atoms with Crippen LogP contribution in [0.1, 0.15) is 44.8 Å². The number of hydrogen-bond acceptors (Lipinski definition) is 5. The van der Waals surface area contributed by atoms with Crippen molar-refractivity contribution >= 4 is 0 Å². The Hall–Kier alpha value is -1.46. The van der Waals surface area contributed by atoms with Crippen LogP contribution in [0.5, 0.6) is 17.2 Å². The van der Waals surface area contributed by atoms with E-state index >= 15 is 0 Å². The quantitative estimate of drug-likeness (QED) is 0.677. The van der Waals surface area contributed by atoms with E-state index in [0.29, 0.717) is 23.7 Å². The minimum atomic E-state index is -0.596. The molecule has 0 aliphatic rings. The average molecular weight is 325 g/mol. The van der Waals surface area contributed by atoms with Crippen LogP contribution in [-0.4, -0.2) is 51.0 Å². The molecule has 0 spiro atoms. The first-order chi connectivity index (χ1) is 11.1. The Morgan fingerprint density at radius 2 is 1.52 bits per heavy atom. The molecule has 5 heteroatoms. The molecule has 23 heavy (non-hydrogen) atoms. The fourth-order valence-electron chi connectivity index (χ4n) is 2.82. The van der Waals surface area contributed by atoms with E-state index in [1.165, 1.54) is 0 Å². The van der Waals surface area contributed by atoms with Crippen molar-refractivity contribution in [1.29, 1.82) is 0 Å². The lowest BCUT2D eigenvalue weighted by Gasteiger charge is -2.24. The van der Waals surface area contributed by atoms with Gasteiger partial charge < -0.3 is 24.2 Å². The summed E-state index contributed by atoms with van der Waals surface area (Å²) in [5, 5.41) is 10.6. The van der Waals surface area contributed by atoms with Crippen molar-refractivity contribution in [2.24, 2.45) is 0 Å². The van der Waals surface area contributed by atoms with Crippen LogP contribution in [0, 0.1) is 0 Å². The summed E-state index contributed by atoms with van der Waals surface area (Å²) in [6.45, 7) is 7.33. The fourth-order valence-corrected chi connectivity index (χ4v) is 2.82. The third-order valence-electron chi connectivity index (χ3n) is 3.89. The first kappa shape index (κ1) is 19.6. The van der Waals surface area contributed by atoms with Gasteiger partial charge in [-0.3, -0.25) is 0 Å². The molecule has 132 valence electrons. The summed E-state index contributed by atoms with van der Waals surface area (Å²) in [5.74, 6) is 1.65. The smallest absolute Gasteiger partial charge is 0.203 e. The molecule has 1 rings (SSSR count). The largest absolute Gasteiger partial charge is 0.493 e. The Morgan fingerprint density at radius 3 is 2.00 bits per heavy atom. The highest BCUT2D eigenvalue weighted by molar-refractivity contribution is 5.56. The number of benzene rings is 1. The number of nitrogens with zero attached hydrogens (tertiary/aromatic N) is 1. The molecule has 1 aromatic rings. The molecular weight excluding hydrogens is 294 g/mol. The molecule has 0 aromatic heterocycles. The van der Waals surface area contributed by atoms with Crippen LogP contribution >= 0.6 is 0 Å². The first-order valence-electron chi connectivity index (χ1n) is 8.32. The molecule has 0 aliphatic heterocycles. The Bertz CT molecular complexity index is 459. The zero-order chi connectivity index (χ0) is 17.2. The first-order valence-corrected chi connectivity index (χ1v) is 8.32. The fraction of sp³-hybridized carbons (Fsp3) is 0.667. The molecule has 0 aliphatic carbocycles. The van der Waals surface area contributed by atoms with Gasteiger partial charge in [0.1, 0.15) is 0 Å². The third-order valence-corrected chi connectivity index (χ3v) is 3.89. The molecule has 0 fully saturated rings. The van der Waals surface area contributed by atoms with Gasteiger partial charge in [0.05, 0.1) is 27.4 Å². The van der Waals surface area contributed by atoms with Crippen molar-refractivity contribution in [2.45, 2.75) is 39.2 Å². The van der Waals surface area contributed by atoms with Crippen molar-refractivity contribution in [1.82, 2.24) is 4.90 Å². The van der Waals surface area contributed by atoms with Gasteiger partial charge in [-0.15, -0.1) is 0 Å². The van der Waals surface area contributed by atoms with Crippen LogP contribution < -0.4 is 14.2 Å². The maximum atomic E-state index is 10.6. The number of rotatable bonds is 11. The SMILES string of the molecule is CCCN(CCC)CCC(O)c1ccc(OC)c(OC)c1OC. The Labute approximate surface area is 140 Å². The van der Waals surface area contributed by atoms with Crippen LogP contribution in [0.15, 0.2) is 12.1 Å². The summed E-state index contributed by atoms with van der Waals surface area (Å²) < 4.78 is 16.1. The predicted octanol–water partition coefficient (Wildman–Crippen LogP) is 3.26. The summed E-state index contributed by atoms with van der Waals surface area (Å²) in [4.78, 5) is 2.39. The van der Waals surface area contributed by atoms with Crippen LogP contribution in [0.2, 0.25) is 0 Å². The third kappa shape index (κ3) is 5.29. The van der Waals surface area contributed by atoms with Crippen molar-refractivity contribution in [2.75, 3.05) is 41.0 Å². The maximum absolute atomic E-state index is 10.6. The number of methoxy groups -OCH3 is 3. The maximum Gasteiger partial charge on any atom is 0.203 e. The number of hydrogen-bond donors (Lipinski definition) is 1. The molecule has 1 unspecified atom stereocenters. The second kappa shape index (κ2) is 10.3. The van der Waals surface area contributed by atoms with Gasteiger partial charge in [-0.1, -0.05) is 13.8 Å². The second-order valence-electron chi connectivity index (χ2n) is 5.57. The normalized spacial score (nSPS) is 12.3. The van der Waals surface area contributed by atoms with Gasteiger partial charge in [0.2, 0.25) is 5.75 Å². The lowest BCUT2D eigenvalue weighted by Crippen LogP contribution is -2.27. The number of aliphatic hydroxyl groups is 1. The van der Waals surface area contributed by atoms with Gasteiger partial charge in [0.15, 0.2) is 11.5 Å². The van der Waals surface area contributed by atoms with Crippen LogP contribution in [0.3, 0.4) is 0 Å². The summed E-state index contributed by atoms with van der Waals surface area (Å²) >= 11 is 0. The summed E-state index contributed by atoms with van der Waals surface area (Å²) in [6, 6.07) is 3.64. The molecule has 5 nitrogen and oxygen atoms in total. The highest BCUT2D eigenvalue weighted by Crippen LogP contribution is 2.42. The molecule has 0 bridgehead atoms. The molecule has 0 radical (unpaired) electrons. The van der Waals surface area contributed by atoms with Gasteiger partial charge in [-0.25, -0.2) is 0 Å². The van der Waals surface area contributed by atoms with E-state index in [2.05, 4.69) is 18.7 Å². The highest BCUT2D eigenvalue weighted by Gasteiger charge is 2.21. The molecule has 1 aromatic carbocycles. The minimum Gasteiger partial charge on any atom is -0.493 e. The van der Waals surface area contributed by atoms with Crippen molar-refractivity contribution in [3.05, 3.63) is 17.7 Å². The van der Waals surface area contributed by atoms with Crippen molar-refractivity contribution < 1.29 is 19.3 Å². The second-order valence-corrected chi connectivity index (χ2v) is 5.57. The minimum absolute atomic E-state index is 0.519. The zero-order valence-corrected chi connectivity index (χ0v) is 15.1. The predicted molar refractivity (Wildman–Crippen MR) is 92.7 cm³/mol. The molecule has 1 N–H and O–H groups in total. The average Bonchev–Trinajstić information content (AvgIpc) is 2.58. The Balaban J connectivity index is 2.88. The van der Waals surface area contributed by atoms with Gasteiger partial charge in [0, 0.05) is 12.1 Å². The van der Waals surface area contributed by atoms with E-state index in [1.54, 1.807) is 27.4 Å². The summed E-state index contributed by atoms with van der Waals surface area (Å²) in [7, 11) is 4.73. The lowest BCUT2D eigenvalue weighted by molar-refractivity contribution is 0.138. The van der Waals surface area contributed by atoms with Gasteiger partial charge >= 0.3 is 0 Å². The van der Waals surface area contributed by atoms with Gasteiger partial charge in [-0.2, -0.15) is 0 Å². The van der Waals surface area contributed by atoms with E-state index < -0.39 is 6.10 Å². The van der Waals surface area contributed by atoms with E-state index in [0.717, 1.165) is 38.0 Å². The molecule has 1 atom stereocenters. The van der Waals surface area contributed by atoms with E-state index in [-0.39, 0.29) is 0 Å². The Kier molecular flexibility index (Phi) is 8.81. The molecule has 0 heterocycles. The van der Waals surface area contributed by atoms with E-state index in [1.807, 2.05) is 6.07 Å². The van der Waals surface area contributed by atoms with Crippen molar-refractivity contribution in [3.8, 4) is 17.2 Å².